The maximum atomic E-state index is 12.7. The highest BCUT2D eigenvalue weighted by atomic mass is 32.2. The van der Waals surface area contributed by atoms with E-state index in [9.17, 15) is 9.59 Å². The Kier molecular flexibility index (Phi) is 7.48. The molecule has 6 nitrogen and oxygen atoms in total. The second kappa shape index (κ2) is 10.3. The van der Waals surface area contributed by atoms with Gasteiger partial charge in [-0.3, -0.25) is 14.5 Å². The number of carbonyl (C=O) groups excluding carboxylic acids is 2. The van der Waals surface area contributed by atoms with Gasteiger partial charge in [-0.1, -0.05) is 36.1 Å². The van der Waals surface area contributed by atoms with E-state index in [1.807, 2.05) is 38.1 Å². The van der Waals surface area contributed by atoms with Crippen LogP contribution in [0, 0.1) is 0 Å². The number of nitrogens with one attached hydrogen (secondary N) is 1. The number of ether oxygens (including phenoxy) is 2. The maximum Gasteiger partial charge on any atom is 0.266 e. The first-order chi connectivity index (χ1) is 14.5. The molecule has 1 fully saturated rings. The highest BCUT2D eigenvalue weighted by Crippen LogP contribution is 2.32. The van der Waals surface area contributed by atoms with Crippen LogP contribution in [0.15, 0.2) is 53.4 Å². The molecule has 0 radical (unpaired) electrons. The van der Waals surface area contributed by atoms with Gasteiger partial charge in [0.25, 0.3) is 5.91 Å². The summed E-state index contributed by atoms with van der Waals surface area (Å²) in [6, 6.07) is 14.5. The number of thiocarbonyl (C=S) groups is 1. The third-order valence-electron chi connectivity index (χ3n) is 4.11. The van der Waals surface area contributed by atoms with Gasteiger partial charge in [0.2, 0.25) is 5.91 Å². The van der Waals surface area contributed by atoms with E-state index in [1.165, 1.54) is 16.7 Å². The lowest BCUT2D eigenvalue weighted by Gasteiger charge is -2.14. The number of rotatable bonds is 8. The third-order valence-corrected chi connectivity index (χ3v) is 5.49. The zero-order valence-electron chi connectivity index (χ0n) is 16.7. The first kappa shape index (κ1) is 21.9. The number of amides is 2. The molecule has 8 heteroatoms. The van der Waals surface area contributed by atoms with E-state index in [4.69, 9.17) is 21.7 Å². The third kappa shape index (κ3) is 5.61. The van der Waals surface area contributed by atoms with Crippen LogP contribution in [0.4, 0.5) is 5.69 Å². The topological polar surface area (TPSA) is 67.9 Å². The molecule has 1 N–H and O–H groups in total. The Morgan fingerprint density at radius 1 is 1.03 bits per heavy atom. The second-order valence-electron chi connectivity index (χ2n) is 6.28. The predicted molar refractivity (Wildman–Crippen MR) is 124 cm³/mol. The first-order valence-corrected chi connectivity index (χ1v) is 10.7. The van der Waals surface area contributed by atoms with Crippen molar-refractivity contribution in [3.8, 4) is 11.5 Å². The Hall–Kier alpha value is -2.84. The van der Waals surface area contributed by atoms with Crippen LogP contribution in [0.5, 0.6) is 11.5 Å². The minimum Gasteiger partial charge on any atom is -0.494 e. The van der Waals surface area contributed by atoms with Crippen LogP contribution in [-0.2, 0) is 9.59 Å². The number of thioether (sulfide) groups is 1. The zero-order chi connectivity index (χ0) is 21.5. The minimum atomic E-state index is -0.322. The molecule has 0 bridgehead atoms. The van der Waals surface area contributed by atoms with Crippen LogP contribution >= 0.6 is 24.0 Å². The second-order valence-corrected chi connectivity index (χ2v) is 7.95. The van der Waals surface area contributed by atoms with Gasteiger partial charge in [-0.15, -0.1) is 0 Å². The Morgan fingerprint density at radius 2 is 1.60 bits per heavy atom. The van der Waals surface area contributed by atoms with Gasteiger partial charge in [0.1, 0.15) is 22.4 Å². The van der Waals surface area contributed by atoms with Gasteiger partial charge in [-0.25, -0.2) is 0 Å². The largest absolute Gasteiger partial charge is 0.494 e. The molecule has 2 amide bonds. The van der Waals surface area contributed by atoms with E-state index >= 15 is 0 Å². The Bertz CT molecular complexity index is 956. The molecule has 2 aromatic carbocycles. The van der Waals surface area contributed by atoms with Crippen molar-refractivity contribution < 1.29 is 19.1 Å². The van der Waals surface area contributed by atoms with Gasteiger partial charge in [0, 0.05) is 5.69 Å². The number of nitrogens with zero attached hydrogens (tertiary/aromatic N) is 1. The highest BCUT2D eigenvalue weighted by molar-refractivity contribution is 8.26. The van der Waals surface area contributed by atoms with Crippen LogP contribution in [0.25, 0.3) is 6.08 Å². The quantitative estimate of drug-likeness (QED) is 0.485. The van der Waals surface area contributed by atoms with E-state index in [-0.39, 0.29) is 18.4 Å². The maximum absolute atomic E-state index is 12.7. The molecule has 30 heavy (non-hydrogen) atoms. The molecule has 3 rings (SSSR count). The van der Waals surface area contributed by atoms with Gasteiger partial charge in [0.05, 0.1) is 18.1 Å². The lowest BCUT2D eigenvalue weighted by Crippen LogP contribution is -2.36. The highest BCUT2D eigenvalue weighted by Gasteiger charge is 2.33. The van der Waals surface area contributed by atoms with Gasteiger partial charge in [0.15, 0.2) is 0 Å². The summed E-state index contributed by atoms with van der Waals surface area (Å²) in [4.78, 5) is 26.9. The van der Waals surface area contributed by atoms with E-state index < -0.39 is 0 Å². The van der Waals surface area contributed by atoms with Crippen molar-refractivity contribution in [2.75, 3.05) is 25.1 Å². The van der Waals surface area contributed by atoms with Gasteiger partial charge >= 0.3 is 0 Å². The summed E-state index contributed by atoms with van der Waals surface area (Å²) in [5, 5.41) is 2.77. The fourth-order valence-corrected chi connectivity index (χ4v) is 4.01. The van der Waals surface area contributed by atoms with Gasteiger partial charge in [-0.05, 0) is 61.9 Å². The van der Waals surface area contributed by atoms with Crippen molar-refractivity contribution in [2.24, 2.45) is 0 Å². The zero-order valence-corrected chi connectivity index (χ0v) is 18.3. The lowest BCUT2D eigenvalue weighted by molar-refractivity contribution is -0.126. The first-order valence-electron chi connectivity index (χ1n) is 9.51. The number of hydrogen-bond acceptors (Lipinski definition) is 6. The molecular weight excluding hydrogens is 420 g/mol. The average molecular weight is 443 g/mol. The van der Waals surface area contributed by atoms with E-state index in [2.05, 4.69) is 5.32 Å². The van der Waals surface area contributed by atoms with Crippen molar-refractivity contribution in [1.82, 2.24) is 4.90 Å². The molecule has 0 aromatic heterocycles. The summed E-state index contributed by atoms with van der Waals surface area (Å²) in [5.41, 5.74) is 1.48. The molecular formula is C22H22N2O4S2. The van der Waals surface area contributed by atoms with E-state index in [1.54, 1.807) is 30.3 Å². The average Bonchev–Trinajstić information content (AvgIpc) is 2.99. The number of anilines is 1. The molecule has 1 heterocycles. The van der Waals surface area contributed by atoms with Crippen molar-refractivity contribution in [1.29, 1.82) is 0 Å². The number of benzene rings is 2. The summed E-state index contributed by atoms with van der Waals surface area (Å²) in [5.74, 6) is 0.901. The Morgan fingerprint density at radius 3 is 2.17 bits per heavy atom. The fraction of sp³-hybridized carbons (Fsp3) is 0.227. The summed E-state index contributed by atoms with van der Waals surface area (Å²) in [6.45, 7) is 4.85. The summed E-state index contributed by atoms with van der Waals surface area (Å²) in [6.07, 6.45) is 1.76. The van der Waals surface area contributed by atoms with E-state index in [0.717, 1.165) is 17.1 Å². The normalized spacial score (nSPS) is 14.9. The standard InChI is InChI=1S/C22H22N2O4S2/c1-3-27-17-9-5-15(6-10-17)13-19-21(26)24(22(29)30-19)14-20(25)23-16-7-11-18(12-8-16)28-4-2/h5-13H,3-4,14H2,1-2H3,(H,23,25)/b19-13-. The number of hydrogen-bond donors (Lipinski definition) is 1. The minimum absolute atomic E-state index is 0.140. The molecule has 1 aliphatic rings. The van der Waals surface area contributed by atoms with Crippen molar-refractivity contribution in [3.63, 3.8) is 0 Å². The van der Waals surface area contributed by atoms with Gasteiger partial charge < -0.3 is 14.8 Å². The van der Waals surface area contributed by atoms with Crippen LogP contribution < -0.4 is 14.8 Å². The molecule has 1 saturated heterocycles. The van der Waals surface area contributed by atoms with Crippen molar-refractivity contribution in [2.45, 2.75) is 13.8 Å². The summed E-state index contributed by atoms with van der Waals surface area (Å²) >= 11 is 6.49. The fourth-order valence-electron chi connectivity index (χ4n) is 2.76. The van der Waals surface area contributed by atoms with Crippen molar-refractivity contribution >= 4 is 51.9 Å². The molecule has 0 atom stereocenters. The van der Waals surface area contributed by atoms with Gasteiger partial charge in [-0.2, -0.15) is 0 Å². The molecule has 0 saturated carbocycles. The molecule has 156 valence electrons. The summed E-state index contributed by atoms with van der Waals surface area (Å²) < 4.78 is 11.2. The lowest BCUT2D eigenvalue weighted by atomic mass is 10.2. The van der Waals surface area contributed by atoms with E-state index in [0.29, 0.717) is 28.1 Å². The van der Waals surface area contributed by atoms with Crippen LogP contribution in [0.3, 0.4) is 0 Å². The van der Waals surface area contributed by atoms with Crippen LogP contribution in [-0.4, -0.2) is 40.8 Å². The van der Waals surface area contributed by atoms with Crippen molar-refractivity contribution in [3.05, 3.63) is 59.0 Å². The summed E-state index contributed by atoms with van der Waals surface area (Å²) in [7, 11) is 0. The molecule has 2 aromatic rings. The Balaban J connectivity index is 1.62. The number of carbonyl (C=O) groups is 2. The smallest absolute Gasteiger partial charge is 0.266 e. The predicted octanol–water partition coefficient (Wildman–Crippen LogP) is 4.32. The van der Waals surface area contributed by atoms with Crippen LogP contribution in [0.1, 0.15) is 19.4 Å². The SMILES string of the molecule is CCOc1ccc(/C=C2\SC(=S)N(CC(=O)Nc3ccc(OCC)cc3)C2=O)cc1. The molecule has 0 spiro atoms. The molecule has 0 unspecified atom stereocenters. The van der Waals surface area contributed by atoms with Crippen LogP contribution in [0.2, 0.25) is 0 Å². The molecule has 1 aliphatic heterocycles. The molecule has 0 aliphatic carbocycles. The Labute approximate surface area is 185 Å². The monoisotopic (exact) mass is 442 g/mol.